The van der Waals surface area contributed by atoms with Crippen molar-refractivity contribution in [2.24, 2.45) is 10.4 Å². The lowest BCUT2D eigenvalue weighted by Crippen LogP contribution is -2.69. The van der Waals surface area contributed by atoms with Crippen LogP contribution in [-0.2, 0) is 11.3 Å². The fourth-order valence-electron chi connectivity index (χ4n) is 3.43. The molecule has 0 aliphatic heterocycles. The minimum absolute atomic E-state index is 0.0648. The van der Waals surface area contributed by atoms with Crippen molar-refractivity contribution in [1.29, 1.82) is 0 Å². The van der Waals surface area contributed by atoms with Crippen molar-refractivity contribution in [3.05, 3.63) is 18.2 Å². The Balaban J connectivity index is 1.80. The van der Waals surface area contributed by atoms with Crippen molar-refractivity contribution >= 4 is 5.96 Å². The first kappa shape index (κ1) is 19.8. The van der Waals surface area contributed by atoms with Gasteiger partial charge < -0.3 is 19.9 Å². The number of methoxy groups -OCH3 is 1. The zero-order valence-corrected chi connectivity index (χ0v) is 16.7. The SMILES string of the molecule is CCNC(=NCCCCn1ccnc1C)NC1CC(C)(OC)C1(C)C. The molecule has 1 aliphatic rings. The molecule has 6 nitrogen and oxygen atoms in total. The molecule has 6 heteroatoms. The van der Waals surface area contributed by atoms with Gasteiger partial charge in [-0.05, 0) is 40.0 Å². The van der Waals surface area contributed by atoms with Crippen molar-refractivity contribution in [2.45, 2.75) is 72.1 Å². The van der Waals surface area contributed by atoms with Gasteiger partial charge in [0.1, 0.15) is 5.82 Å². The number of aryl methyl sites for hydroxylation is 2. The van der Waals surface area contributed by atoms with E-state index in [-0.39, 0.29) is 11.0 Å². The highest BCUT2D eigenvalue weighted by atomic mass is 16.5. The van der Waals surface area contributed by atoms with Crippen LogP contribution in [0.1, 0.15) is 52.8 Å². The summed E-state index contributed by atoms with van der Waals surface area (Å²) in [5.41, 5.74) is 0.0154. The Hall–Kier alpha value is -1.56. The second-order valence-corrected chi connectivity index (χ2v) is 7.69. The first-order chi connectivity index (χ1) is 11.8. The van der Waals surface area contributed by atoms with E-state index in [4.69, 9.17) is 9.73 Å². The third kappa shape index (κ3) is 4.35. The predicted octanol–water partition coefficient (Wildman–Crippen LogP) is 2.73. The molecule has 2 atom stereocenters. The van der Waals surface area contributed by atoms with Gasteiger partial charge >= 0.3 is 0 Å². The Kier molecular flexibility index (Phi) is 6.49. The highest BCUT2D eigenvalue weighted by molar-refractivity contribution is 5.80. The second kappa shape index (κ2) is 8.21. The van der Waals surface area contributed by atoms with Crippen LogP contribution in [0, 0.1) is 12.3 Å². The van der Waals surface area contributed by atoms with Crippen molar-refractivity contribution in [3.63, 3.8) is 0 Å². The molecule has 1 aromatic heterocycles. The van der Waals surface area contributed by atoms with E-state index in [9.17, 15) is 0 Å². The monoisotopic (exact) mass is 349 g/mol. The Bertz CT molecular complexity index is 580. The van der Waals surface area contributed by atoms with E-state index in [1.54, 1.807) is 7.11 Å². The van der Waals surface area contributed by atoms with E-state index in [0.717, 1.165) is 50.7 Å². The molecule has 0 radical (unpaired) electrons. The van der Waals surface area contributed by atoms with Crippen LogP contribution >= 0.6 is 0 Å². The number of unbranched alkanes of at least 4 members (excludes halogenated alkanes) is 1. The van der Waals surface area contributed by atoms with Gasteiger partial charge in [-0.15, -0.1) is 0 Å². The van der Waals surface area contributed by atoms with Gasteiger partial charge in [-0.25, -0.2) is 4.98 Å². The largest absolute Gasteiger partial charge is 0.378 e. The molecule has 1 aliphatic carbocycles. The molecule has 0 bridgehead atoms. The summed E-state index contributed by atoms with van der Waals surface area (Å²) < 4.78 is 7.90. The zero-order chi connectivity index (χ0) is 18.5. The van der Waals surface area contributed by atoms with Gasteiger partial charge in [-0.3, -0.25) is 4.99 Å². The van der Waals surface area contributed by atoms with Crippen molar-refractivity contribution in [2.75, 3.05) is 20.2 Å². The average molecular weight is 350 g/mol. The van der Waals surface area contributed by atoms with Crippen LogP contribution in [0.4, 0.5) is 0 Å². The van der Waals surface area contributed by atoms with Crippen LogP contribution < -0.4 is 10.6 Å². The maximum absolute atomic E-state index is 5.71. The lowest BCUT2D eigenvalue weighted by molar-refractivity contribution is -0.176. The van der Waals surface area contributed by atoms with E-state index in [1.807, 2.05) is 19.3 Å². The summed E-state index contributed by atoms with van der Waals surface area (Å²) in [5, 5.41) is 6.95. The molecule has 1 fully saturated rings. The summed E-state index contributed by atoms with van der Waals surface area (Å²) >= 11 is 0. The lowest BCUT2D eigenvalue weighted by atomic mass is 9.56. The highest BCUT2D eigenvalue weighted by Gasteiger charge is 2.58. The number of aromatic nitrogens is 2. The number of guanidine groups is 1. The number of hydrogen-bond acceptors (Lipinski definition) is 3. The first-order valence-electron chi connectivity index (χ1n) is 9.42. The van der Waals surface area contributed by atoms with Gasteiger partial charge in [0.25, 0.3) is 0 Å². The number of hydrogen-bond donors (Lipinski definition) is 2. The molecule has 1 aromatic rings. The zero-order valence-electron chi connectivity index (χ0n) is 16.7. The number of nitrogens with one attached hydrogen (secondary N) is 2. The Morgan fingerprint density at radius 3 is 2.72 bits per heavy atom. The van der Waals surface area contributed by atoms with E-state index in [0.29, 0.717) is 6.04 Å². The van der Waals surface area contributed by atoms with Crippen molar-refractivity contribution in [3.8, 4) is 0 Å². The molecule has 25 heavy (non-hydrogen) atoms. The van der Waals surface area contributed by atoms with Crippen LogP contribution in [0.25, 0.3) is 0 Å². The Morgan fingerprint density at radius 1 is 1.40 bits per heavy atom. The minimum atomic E-state index is -0.0648. The quantitative estimate of drug-likeness (QED) is 0.430. The summed E-state index contributed by atoms with van der Waals surface area (Å²) in [6.07, 6.45) is 7.07. The van der Waals surface area contributed by atoms with Gasteiger partial charge in [0.2, 0.25) is 0 Å². The summed E-state index contributed by atoms with van der Waals surface area (Å²) in [4.78, 5) is 9.00. The van der Waals surface area contributed by atoms with E-state index in [1.165, 1.54) is 0 Å². The first-order valence-corrected chi connectivity index (χ1v) is 9.42. The number of rotatable bonds is 8. The molecule has 2 N–H and O–H groups in total. The molecule has 0 spiro atoms. The van der Waals surface area contributed by atoms with Gasteiger partial charge in [-0.2, -0.15) is 0 Å². The third-order valence-corrected chi connectivity index (χ3v) is 5.93. The second-order valence-electron chi connectivity index (χ2n) is 7.69. The molecule has 0 amide bonds. The number of imidazole rings is 1. The van der Waals surface area contributed by atoms with Crippen LogP contribution in [0.2, 0.25) is 0 Å². The van der Waals surface area contributed by atoms with Crippen LogP contribution in [-0.4, -0.2) is 47.4 Å². The summed E-state index contributed by atoms with van der Waals surface area (Å²) in [6, 6.07) is 0.379. The van der Waals surface area contributed by atoms with Gasteiger partial charge in [0.05, 0.1) is 5.60 Å². The Labute approximate surface area is 152 Å². The van der Waals surface area contributed by atoms with Gasteiger partial charge in [0.15, 0.2) is 5.96 Å². The van der Waals surface area contributed by atoms with Crippen molar-refractivity contribution < 1.29 is 4.74 Å². The molecular weight excluding hydrogens is 314 g/mol. The van der Waals surface area contributed by atoms with Crippen LogP contribution in [0.3, 0.4) is 0 Å². The molecule has 142 valence electrons. The van der Waals surface area contributed by atoms with E-state index >= 15 is 0 Å². The fourth-order valence-corrected chi connectivity index (χ4v) is 3.43. The highest BCUT2D eigenvalue weighted by Crippen LogP contribution is 2.51. The average Bonchev–Trinajstić information content (AvgIpc) is 2.98. The maximum Gasteiger partial charge on any atom is 0.191 e. The molecule has 1 saturated carbocycles. The van der Waals surface area contributed by atoms with E-state index < -0.39 is 0 Å². The smallest absolute Gasteiger partial charge is 0.191 e. The molecule has 2 unspecified atom stereocenters. The topological polar surface area (TPSA) is 63.5 Å². The number of aliphatic imine (C=N–C) groups is 1. The van der Waals surface area contributed by atoms with Gasteiger partial charge in [-0.1, -0.05) is 13.8 Å². The Morgan fingerprint density at radius 2 is 2.16 bits per heavy atom. The maximum atomic E-state index is 5.71. The number of nitrogens with zero attached hydrogens (tertiary/aromatic N) is 3. The summed E-state index contributed by atoms with van der Waals surface area (Å²) in [5.74, 6) is 1.99. The van der Waals surface area contributed by atoms with Gasteiger partial charge in [0, 0.05) is 50.6 Å². The molecule has 2 rings (SSSR count). The molecular formula is C19H35N5O. The predicted molar refractivity (Wildman–Crippen MR) is 103 cm³/mol. The van der Waals surface area contributed by atoms with E-state index in [2.05, 4.69) is 47.9 Å². The molecule has 0 aromatic carbocycles. The summed E-state index contributed by atoms with van der Waals surface area (Å²) in [7, 11) is 1.80. The third-order valence-electron chi connectivity index (χ3n) is 5.93. The standard InChI is InChI=1S/C19H35N5O/c1-7-20-17(23-16-14-19(5,25-6)18(16,3)4)22-10-8-9-12-24-13-11-21-15(24)2/h11,13,16H,7-10,12,14H2,1-6H3,(H2,20,22,23). The van der Waals surface area contributed by atoms with Crippen LogP contribution in [0.5, 0.6) is 0 Å². The van der Waals surface area contributed by atoms with Crippen LogP contribution in [0.15, 0.2) is 17.4 Å². The lowest BCUT2D eigenvalue weighted by Gasteiger charge is -2.59. The summed E-state index contributed by atoms with van der Waals surface area (Å²) in [6.45, 7) is 13.6. The normalized spacial score (nSPS) is 25.5. The minimum Gasteiger partial charge on any atom is -0.378 e. The fraction of sp³-hybridized carbons (Fsp3) is 0.789. The molecule has 0 saturated heterocycles. The van der Waals surface area contributed by atoms with Crippen molar-refractivity contribution in [1.82, 2.24) is 20.2 Å². The number of ether oxygens (including phenoxy) is 1. The molecule has 1 heterocycles.